The number of nitro benzene ring substituents is 2. The molecular weight excluding hydrogens is 470 g/mol. The molecule has 12 heteroatoms. The standard InChI is InChI=1S/C22H14ClN3O8/c23-18-10-5-13(11-19(18)26(32)33)21(28)16-3-1-2-4-17(16)22(29)34-12-20(27)24-14-6-8-15(9-7-14)25(30)31/h1-11H,12H2,(H,24,27). The van der Waals surface area contributed by atoms with Gasteiger partial charge in [0, 0.05) is 35.0 Å². The molecule has 172 valence electrons. The molecule has 0 saturated carbocycles. The number of nitro groups is 2. The number of benzene rings is 3. The van der Waals surface area contributed by atoms with E-state index in [0.717, 1.165) is 6.07 Å². The van der Waals surface area contributed by atoms with Crippen LogP contribution in [0.3, 0.4) is 0 Å². The predicted octanol–water partition coefficient (Wildman–Crippen LogP) is 4.18. The molecule has 1 amide bonds. The molecule has 0 saturated heterocycles. The van der Waals surface area contributed by atoms with Crippen molar-refractivity contribution in [2.24, 2.45) is 0 Å². The zero-order valence-electron chi connectivity index (χ0n) is 17.1. The van der Waals surface area contributed by atoms with Crippen LogP contribution in [0.2, 0.25) is 5.02 Å². The van der Waals surface area contributed by atoms with Crippen molar-refractivity contribution < 1.29 is 29.0 Å². The number of non-ortho nitro benzene ring substituents is 1. The molecule has 1 N–H and O–H groups in total. The highest BCUT2D eigenvalue weighted by molar-refractivity contribution is 6.33. The number of hydrogen-bond donors (Lipinski definition) is 1. The molecule has 0 atom stereocenters. The number of carbonyl (C=O) groups is 3. The van der Waals surface area contributed by atoms with Gasteiger partial charge in [0.15, 0.2) is 12.4 Å². The van der Waals surface area contributed by atoms with E-state index in [0.29, 0.717) is 0 Å². The normalized spacial score (nSPS) is 10.3. The molecule has 0 unspecified atom stereocenters. The van der Waals surface area contributed by atoms with Crippen molar-refractivity contribution in [1.29, 1.82) is 0 Å². The first-order chi connectivity index (χ1) is 16.2. The molecule has 0 aliphatic rings. The number of rotatable bonds is 8. The number of nitrogens with zero attached hydrogens (tertiary/aromatic N) is 2. The van der Waals surface area contributed by atoms with E-state index in [1.165, 1.54) is 60.7 Å². The van der Waals surface area contributed by atoms with E-state index in [-0.39, 0.29) is 33.1 Å². The number of amides is 1. The Morgan fingerprint density at radius 1 is 0.882 bits per heavy atom. The number of hydrogen-bond acceptors (Lipinski definition) is 8. The molecule has 0 bridgehead atoms. The lowest BCUT2D eigenvalue weighted by atomic mass is 9.98. The molecule has 0 heterocycles. The van der Waals surface area contributed by atoms with E-state index in [2.05, 4.69) is 5.32 Å². The van der Waals surface area contributed by atoms with Crippen molar-refractivity contribution in [3.8, 4) is 0 Å². The Morgan fingerprint density at radius 3 is 2.15 bits per heavy atom. The summed E-state index contributed by atoms with van der Waals surface area (Å²) in [6.45, 7) is -0.690. The molecule has 3 aromatic carbocycles. The van der Waals surface area contributed by atoms with Crippen LogP contribution in [0.5, 0.6) is 0 Å². The van der Waals surface area contributed by atoms with Gasteiger partial charge in [0.1, 0.15) is 5.02 Å². The van der Waals surface area contributed by atoms with Crippen LogP contribution in [0.4, 0.5) is 17.1 Å². The van der Waals surface area contributed by atoms with Crippen molar-refractivity contribution >= 4 is 46.3 Å². The Kier molecular flexibility index (Phi) is 7.29. The van der Waals surface area contributed by atoms with Gasteiger partial charge in [-0.1, -0.05) is 29.8 Å². The first-order valence-electron chi connectivity index (χ1n) is 9.46. The van der Waals surface area contributed by atoms with Gasteiger partial charge >= 0.3 is 5.97 Å². The van der Waals surface area contributed by atoms with Gasteiger partial charge in [-0.05, 0) is 30.3 Å². The quantitative estimate of drug-likeness (QED) is 0.216. The highest BCUT2D eigenvalue weighted by Crippen LogP contribution is 2.27. The lowest BCUT2D eigenvalue weighted by molar-refractivity contribution is -0.385. The monoisotopic (exact) mass is 483 g/mol. The first-order valence-corrected chi connectivity index (χ1v) is 9.84. The number of ketones is 1. The zero-order chi connectivity index (χ0) is 24.8. The maximum Gasteiger partial charge on any atom is 0.339 e. The van der Waals surface area contributed by atoms with E-state index >= 15 is 0 Å². The second-order valence-corrected chi connectivity index (χ2v) is 7.13. The summed E-state index contributed by atoms with van der Waals surface area (Å²) in [5.74, 6) is -2.35. The van der Waals surface area contributed by atoms with E-state index in [1.807, 2.05) is 0 Å². The van der Waals surface area contributed by atoms with E-state index in [9.17, 15) is 34.6 Å². The fourth-order valence-electron chi connectivity index (χ4n) is 2.88. The van der Waals surface area contributed by atoms with Gasteiger partial charge in [0.05, 0.1) is 15.4 Å². The van der Waals surface area contributed by atoms with Crippen LogP contribution in [0, 0.1) is 20.2 Å². The zero-order valence-corrected chi connectivity index (χ0v) is 17.9. The summed E-state index contributed by atoms with van der Waals surface area (Å²) in [7, 11) is 0. The Balaban J connectivity index is 1.71. The van der Waals surface area contributed by atoms with Crippen molar-refractivity contribution in [2.45, 2.75) is 0 Å². The summed E-state index contributed by atoms with van der Waals surface area (Å²) in [6.07, 6.45) is 0. The molecule has 0 fully saturated rings. The summed E-state index contributed by atoms with van der Waals surface area (Å²) < 4.78 is 4.99. The maximum absolute atomic E-state index is 12.9. The summed E-state index contributed by atoms with van der Waals surface area (Å²) in [5.41, 5.74) is -0.654. The van der Waals surface area contributed by atoms with E-state index in [4.69, 9.17) is 16.3 Å². The highest BCUT2D eigenvalue weighted by Gasteiger charge is 2.22. The van der Waals surface area contributed by atoms with Gasteiger partial charge in [-0.2, -0.15) is 0 Å². The average Bonchev–Trinajstić information content (AvgIpc) is 2.82. The number of nitrogens with one attached hydrogen (secondary N) is 1. The average molecular weight is 484 g/mol. The lowest BCUT2D eigenvalue weighted by Gasteiger charge is -2.10. The van der Waals surface area contributed by atoms with Crippen LogP contribution in [0.1, 0.15) is 26.3 Å². The third kappa shape index (κ3) is 5.58. The van der Waals surface area contributed by atoms with Crippen molar-refractivity contribution in [1.82, 2.24) is 0 Å². The van der Waals surface area contributed by atoms with Crippen molar-refractivity contribution in [3.05, 3.63) is 109 Å². The smallest absolute Gasteiger partial charge is 0.339 e. The molecular formula is C22H14ClN3O8. The van der Waals surface area contributed by atoms with Crippen LogP contribution < -0.4 is 5.32 Å². The van der Waals surface area contributed by atoms with E-state index < -0.39 is 39.8 Å². The summed E-state index contributed by atoms with van der Waals surface area (Å²) in [4.78, 5) is 58.0. The van der Waals surface area contributed by atoms with Crippen LogP contribution in [0.15, 0.2) is 66.7 Å². The van der Waals surface area contributed by atoms with Gasteiger partial charge in [0.25, 0.3) is 17.3 Å². The third-order valence-corrected chi connectivity index (χ3v) is 4.81. The van der Waals surface area contributed by atoms with Crippen LogP contribution in [-0.2, 0) is 9.53 Å². The van der Waals surface area contributed by atoms with E-state index in [1.54, 1.807) is 0 Å². The summed E-state index contributed by atoms with van der Waals surface area (Å²) in [5, 5.41) is 24.1. The topological polar surface area (TPSA) is 159 Å². The SMILES string of the molecule is O=C(COC(=O)c1ccccc1C(=O)c1ccc(Cl)c([N+](=O)[O-])c1)Nc1ccc([N+](=O)[O-])cc1. The van der Waals surface area contributed by atoms with Crippen molar-refractivity contribution in [3.63, 3.8) is 0 Å². The molecule has 0 spiro atoms. The minimum absolute atomic E-state index is 0.0627. The Labute approximate surface area is 196 Å². The summed E-state index contributed by atoms with van der Waals surface area (Å²) in [6, 6.07) is 14.2. The molecule has 0 radical (unpaired) electrons. The molecule has 0 aliphatic heterocycles. The third-order valence-electron chi connectivity index (χ3n) is 4.49. The molecule has 0 aromatic heterocycles. The minimum atomic E-state index is -0.966. The Morgan fingerprint density at radius 2 is 1.53 bits per heavy atom. The largest absolute Gasteiger partial charge is 0.452 e. The maximum atomic E-state index is 12.9. The number of anilines is 1. The molecule has 11 nitrogen and oxygen atoms in total. The van der Waals surface area contributed by atoms with Crippen molar-refractivity contribution in [2.75, 3.05) is 11.9 Å². The first kappa shape index (κ1) is 24.0. The summed E-state index contributed by atoms with van der Waals surface area (Å²) >= 11 is 5.78. The molecule has 0 aliphatic carbocycles. The molecule has 34 heavy (non-hydrogen) atoms. The highest BCUT2D eigenvalue weighted by atomic mass is 35.5. The second kappa shape index (κ2) is 10.3. The number of carbonyl (C=O) groups excluding carboxylic acids is 3. The van der Waals surface area contributed by atoms with Gasteiger partial charge in [-0.3, -0.25) is 29.8 Å². The fourth-order valence-corrected chi connectivity index (χ4v) is 3.07. The van der Waals surface area contributed by atoms with Crippen LogP contribution in [-0.4, -0.2) is 34.1 Å². The van der Waals surface area contributed by atoms with Crippen LogP contribution >= 0.6 is 11.6 Å². The lowest BCUT2D eigenvalue weighted by Crippen LogP contribution is -2.22. The van der Waals surface area contributed by atoms with Gasteiger partial charge < -0.3 is 10.1 Å². The number of esters is 1. The molecule has 3 aromatic rings. The number of ether oxygens (including phenoxy) is 1. The van der Waals surface area contributed by atoms with Gasteiger partial charge in [0.2, 0.25) is 0 Å². The van der Waals surface area contributed by atoms with Crippen LogP contribution in [0.25, 0.3) is 0 Å². The second-order valence-electron chi connectivity index (χ2n) is 6.73. The molecule has 3 rings (SSSR count). The predicted molar refractivity (Wildman–Crippen MR) is 120 cm³/mol. The minimum Gasteiger partial charge on any atom is -0.452 e. The van der Waals surface area contributed by atoms with Gasteiger partial charge in [-0.25, -0.2) is 4.79 Å². The Hall–Kier alpha value is -4.64. The Bertz CT molecular complexity index is 1310. The van der Waals surface area contributed by atoms with Gasteiger partial charge in [-0.15, -0.1) is 0 Å². The number of halogens is 1. The fraction of sp³-hybridized carbons (Fsp3) is 0.0455.